The lowest BCUT2D eigenvalue weighted by Gasteiger charge is -2.05. The largest absolute Gasteiger partial charge is 0.506 e. The summed E-state index contributed by atoms with van der Waals surface area (Å²) >= 11 is 9.83. The maximum Gasteiger partial charge on any atom is 0.259 e. The SMILES string of the molecule is O=C(CNC(=O)c1cccc(Cl)c1)N/N=C/c1cc(I)c(O)c(I)c1. The third kappa shape index (κ3) is 6.12. The number of hydrogen-bond acceptors (Lipinski definition) is 4. The third-order valence-corrected chi connectivity index (χ3v) is 4.82. The van der Waals surface area contributed by atoms with Crippen LogP contribution in [-0.4, -0.2) is 29.7 Å². The molecule has 0 atom stereocenters. The normalized spacial score (nSPS) is 10.7. The maximum atomic E-state index is 11.9. The van der Waals surface area contributed by atoms with Crippen LogP contribution >= 0.6 is 56.8 Å². The molecule has 6 nitrogen and oxygen atoms in total. The number of rotatable bonds is 5. The predicted octanol–water partition coefficient (Wildman–Crippen LogP) is 3.13. The van der Waals surface area contributed by atoms with Gasteiger partial charge in [-0.2, -0.15) is 5.10 Å². The Hall–Kier alpha value is -1.40. The number of nitrogens with zero attached hydrogens (tertiary/aromatic N) is 1. The summed E-state index contributed by atoms with van der Waals surface area (Å²) in [5.41, 5.74) is 3.43. The summed E-state index contributed by atoms with van der Waals surface area (Å²) < 4.78 is 1.37. The van der Waals surface area contributed by atoms with Gasteiger partial charge in [0, 0.05) is 10.6 Å². The first-order chi connectivity index (χ1) is 11.9. The van der Waals surface area contributed by atoms with Crippen molar-refractivity contribution < 1.29 is 14.7 Å². The van der Waals surface area contributed by atoms with E-state index in [-0.39, 0.29) is 12.3 Å². The van der Waals surface area contributed by atoms with Gasteiger partial charge in [0.2, 0.25) is 0 Å². The number of carbonyl (C=O) groups excluding carboxylic acids is 2. The summed E-state index contributed by atoms with van der Waals surface area (Å²) in [4.78, 5) is 23.6. The van der Waals surface area contributed by atoms with E-state index in [2.05, 4.69) is 15.8 Å². The van der Waals surface area contributed by atoms with Crippen molar-refractivity contribution in [1.29, 1.82) is 0 Å². The van der Waals surface area contributed by atoms with E-state index < -0.39 is 11.8 Å². The number of nitrogens with one attached hydrogen (secondary N) is 2. The number of benzene rings is 2. The van der Waals surface area contributed by atoms with Gasteiger partial charge in [0.15, 0.2) is 0 Å². The lowest BCUT2D eigenvalue weighted by Crippen LogP contribution is -2.34. The first-order valence-electron chi connectivity index (χ1n) is 6.90. The molecule has 0 fully saturated rings. The highest BCUT2D eigenvalue weighted by Crippen LogP contribution is 2.26. The van der Waals surface area contributed by atoms with E-state index in [4.69, 9.17) is 11.6 Å². The molecular weight excluding hydrogens is 571 g/mol. The number of hydrazone groups is 1. The fourth-order valence-corrected chi connectivity index (χ4v) is 3.78. The van der Waals surface area contributed by atoms with Gasteiger partial charge in [-0.1, -0.05) is 17.7 Å². The van der Waals surface area contributed by atoms with E-state index >= 15 is 0 Å². The molecule has 0 radical (unpaired) electrons. The Morgan fingerprint density at radius 1 is 1.20 bits per heavy atom. The molecule has 0 bridgehead atoms. The van der Waals surface area contributed by atoms with Crippen LogP contribution < -0.4 is 10.7 Å². The predicted molar refractivity (Wildman–Crippen MR) is 113 cm³/mol. The second-order valence-corrected chi connectivity index (χ2v) is 7.58. The lowest BCUT2D eigenvalue weighted by atomic mass is 10.2. The molecule has 2 amide bonds. The first kappa shape index (κ1) is 19.9. The zero-order chi connectivity index (χ0) is 18.4. The van der Waals surface area contributed by atoms with Gasteiger partial charge in [-0.05, 0) is 81.1 Å². The number of aromatic hydroxyl groups is 1. The summed E-state index contributed by atoms with van der Waals surface area (Å²) in [6.07, 6.45) is 1.46. The quantitative estimate of drug-likeness (QED) is 0.287. The lowest BCUT2D eigenvalue weighted by molar-refractivity contribution is -0.120. The van der Waals surface area contributed by atoms with Crippen molar-refractivity contribution in [3.8, 4) is 5.75 Å². The number of halogens is 3. The summed E-state index contributed by atoms with van der Waals surface area (Å²) in [5, 5.41) is 16.5. The van der Waals surface area contributed by atoms with Crippen molar-refractivity contribution in [3.05, 3.63) is 59.7 Å². The number of carbonyl (C=O) groups is 2. The molecule has 0 spiro atoms. The molecule has 0 aliphatic heterocycles. The average molecular weight is 584 g/mol. The fraction of sp³-hybridized carbons (Fsp3) is 0.0625. The van der Waals surface area contributed by atoms with Gasteiger partial charge in [0.25, 0.3) is 11.8 Å². The standard InChI is InChI=1S/C16H12ClI2N3O3/c17-11-3-1-2-10(6-11)16(25)20-8-14(23)22-21-7-9-4-12(18)15(24)13(19)5-9/h1-7,24H,8H2,(H,20,25)(H,22,23)/b21-7+. The van der Waals surface area contributed by atoms with E-state index in [0.29, 0.717) is 17.7 Å². The molecule has 0 aliphatic carbocycles. The van der Waals surface area contributed by atoms with Gasteiger partial charge in [-0.15, -0.1) is 0 Å². The zero-order valence-electron chi connectivity index (χ0n) is 12.6. The number of hydrogen-bond donors (Lipinski definition) is 3. The highest BCUT2D eigenvalue weighted by atomic mass is 127. The van der Waals surface area contributed by atoms with Crippen LogP contribution in [0.1, 0.15) is 15.9 Å². The summed E-state index contributed by atoms with van der Waals surface area (Å²) in [7, 11) is 0. The van der Waals surface area contributed by atoms with Crippen LogP contribution in [0, 0.1) is 7.14 Å². The number of amides is 2. The Balaban J connectivity index is 1.85. The van der Waals surface area contributed by atoms with Gasteiger partial charge < -0.3 is 10.4 Å². The van der Waals surface area contributed by atoms with Crippen molar-refractivity contribution >= 4 is 74.8 Å². The maximum absolute atomic E-state index is 11.9. The van der Waals surface area contributed by atoms with Crippen LogP contribution in [0.4, 0.5) is 0 Å². The van der Waals surface area contributed by atoms with Crippen LogP contribution in [-0.2, 0) is 4.79 Å². The highest BCUT2D eigenvalue weighted by Gasteiger charge is 2.08. The van der Waals surface area contributed by atoms with Crippen molar-refractivity contribution in [3.63, 3.8) is 0 Å². The van der Waals surface area contributed by atoms with Gasteiger partial charge in [0.1, 0.15) is 5.75 Å². The monoisotopic (exact) mass is 583 g/mol. The molecule has 0 aromatic heterocycles. The van der Waals surface area contributed by atoms with Crippen molar-refractivity contribution in [2.24, 2.45) is 5.10 Å². The second kappa shape index (κ2) is 9.34. The van der Waals surface area contributed by atoms with E-state index in [1.54, 1.807) is 30.3 Å². The third-order valence-electron chi connectivity index (χ3n) is 2.94. The van der Waals surface area contributed by atoms with E-state index in [9.17, 15) is 14.7 Å². The number of phenolic OH excluding ortho intramolecular Hbond substituents is 1. The molecule has 130 valence electrons. The smallest absolute Gasteiger partial charge is 0.259 e. The van der Waals surface area contributed by atoms with Crippen LogP contribution in [0.15, 0.2) is 41.5 Å². The second-order valence-electron chi connectivity index (χ2n) is 4.82. The Kier molecular flexibility index (Phi) is 7.44. The van der Waals surface area contributed by atoms with Gasteiger partial charge in [-0.25, -0.2) is 5.43 Å². The van der Waals surface area contributed by atoms with E-state index in [1.165, 1.54) is 12.3 Å². The minimum Gasteiger partial charge on any atom is -0.506 e. The number of phenols is 1. The molecule has 3 N–H and O–H groups in total. The fourth-order valence-electron chi connectivity index (χ4n) is 1.77. The molecule has 9 heteroatoms. The highest BCUT2D eigenvalue weighted by molar-refractivity contribution is 14.1. The van der Waals surface area contributed by atoms with E-state index in [1.807, 2.05) is 45.2 Å². The van der Waals surface area contributed by atoms with Crippen LogP contribution in [0.25, 0.3) is 0 Å². The Bertz CT molecular complexity index is 820. The summed E-state index contributed by atoms with van der Waals surface area (Å²) in [6.45, 7) is -0.215. The van der Waals surface area contributed by atoms with Crippen LogP contribution in [0.5, 0.6) is 5.75 Å². The van der Waals surface area contributed by atoms with Crippen molar-refractivity contribution in [2.45, 2.75) is 0 Å². The molecule has 0 heterocycles. The van der Waals surface area contributed by atoms with E-state index in [0.717, 1.165) is 5.56 Å². The molecule has 0 saturated carbocycles. The molecule has 25 heavy (non-hydrogen) atoms. The topological polar surface area (TPSA) is 90.8 Å². The molecule has 2 aromatic rings. The minimum atomic E-state index is -0.463. The van der Waals surface area contributed by atoms with Crippen LogP contribution in [0.3, 0.4) is 0 Å². The molecule has 0 saturated heterocycles. The van der Waals surface area contributed by atoms with Gasteiger partial charge >= 0.3 is 0 Å². The molecular formula is C16H12ClI2N3O3. The minimum absolute atomic E-state index is 0.214. The Morgan fingerprint density at radius 3 is 2.52 bits per heavy atom. The van der Waals surface area contributed by atoms with Crippen LogP contribution in [0.2, 0.25) is 5.02 Å². The molecule has 2 aromatic carbocycles. The van der Waals surface area contributed by atoms with Crippen molar-refractivity contribution in [2.75, 3.05) is 6.54 Å². The van der Waals surface area contributed by atoms with Gasteiger partial charge in [-0.3, -0.25) is 9.59 Å². The zero-order valence-corrected chi connectivity index (χ0v) is 17.7. The molecule has 0 unspecified atom stereocenters. The first-order valence-corrected chi connectivity index (χ1v) is 9.44. The summed E-state index contributed by atoms with van der Waals surface area (Å²) in [6, 6.07) is 9.89. The Morgan fingerprint density at radius 2 is 1.88 bits per heavy atom. The van der Waals surface area contributed by atoms with Gasteiger partial charge in [0.05, 0.1) is 19.9 Å². The molecule has 2 rings (SSSR count). The Labute approximate surface area is 176 Å². The van der Waals surface area contributed by atoms with Crippen molar-refractivity contribution in [1.82, 2.24) is 10.7 Å². The average Bonchev–Trinajstić information content (AvgIpc) is 2.57. The summed E-state index contributed by atoms with van der Waals surface area (Å²) in [5.74, 6) is -0.648. The molecule has 0 aliphatic rings.